The SMILES string of the molecule is CC1CCCCCN1C(=O)c1cc(Br)ccc1Br. The molecular formula is C14H17Br2NO. The van der Waals surface area contributed by atoms with Crippen molar-refractivity contribution in [3.63, 3.8) is 0 Å². The van der Waals surface area contributed by atoms with E-state index in [0.29, 0.717) is 6.04 Å². The molecule has 1 atom stereocenters. The van der Waals surface area contributed by atoms with E-state index >= 15 is 0 Å². The normalized spacial score (nSPS) is 20.6. The molecule has 1 aliphatic heterocycles. The molecule has 4 heteroatoms. The number of likely N-dealkylation sites (tertiary alicyclic amines) is 1. The van der Waals surface area contributed by atoms with Crippen molar-refractivity contribution in [1.82, 2.24) is 4.90 Å². The number of benzene rings is 1. The van der Waals surface area contributed by atoms with Gasteiger partial charge in [-0.25, -0.2) is 0 Å². The van der Waals surface area contributed by atoms with Crippen LogP contribution in [0.2, 0.25) is 0 Å². The van der Waals surface area contributed by atoms with E-state index in [1.165, 1.54) is 12.8 Å². The van der Waals surface area contributed by atoms with Crippen LogP contribution in [0.15, 0.2) is 27.1 Å². The molecule has 1 aliphatic rings. The largest absolute Gasteiger partial charge is 0.336 e. The summed E-state index contributed by atoms with van der Waals surface area (Å²) in [5, 5.41) is 0. The van der Waals surface area contributed by atoms with Crippen LogP contribution < -0.4 is 0 Å². The lowest BCUT2D eigenvalue weighted by molar-refractivity contribution is 0.0697. The van der Waals surface area contributed by atoms with Crippen molar-refractivity contribution in [3.05, 3.63) is 32.7 Å². The molecule has 0 aromatic heterocycles. The highest BCUT2D eigenvalue weighted by Crippen LogP contribution is 2.25. The van der Waals surface area contributed by atoms with Gasteiger partial charge in [0.2, 0.25) is 0 Å². The van der Waals surface area contributed by atoms with Crippen molar-refractivity contribution in [1.29, 1.82) is 0 Å². The lowest BCUT2D eigenvalue weighted by Crippen LogP contribution is -2.38. The molecule has 0 bridgehead atoms. The Labute approximate surface area is 125 Å². The van der Waals surface area contributed by atoms with Gasteiger partial charge in [-0.3, -0.25) is 4.79 Å². The van der Waals surface area contributed by atoms with Crippen LogP contribution in [0, 0.1) is 0 Å². The van der Waals surface area contributed by atoms with Crippen molar-refractivity contribution in [2.75, 3.05) is 6.54 Å². The Morgan fingerprint density at radius 3 is 2.83 bits per heavy atom. The maximum absolute atomic E-state index is 12.6. The lowest BCUT2D eigenvalue weighted by atomic mass is 10.1. The van der Waals surface area contributed by atoms with Crippen LogP contribution in [0.1, 0.15) is 43.0 Å². The average molecular weight is 375 g/mol. The van der Waals surface area contributed by atoms with Crippen LogP contribution in [0.25, 0.3) is 0 Å². The fraction of sp³-hybridized carbons (Fsp3) is 0.500. The van der Waals surface area contributed by atoms with Crippen LogP contribution in [0.4, 0.5) is 0 Å². The third-order valence-corrected chi connectivity index (χ3v) is 4.66. The number of hydrogen-bond donors (Lipinski definition) is 0. The molecule has 1 aromatic rings. The molecule has 1 saturated heterocycles. The summed E-state index contributed by atoms with van der Waals surface area (Å²) in [6, 6.07) is 6.09. The van der Waals surface area contributed by atoms with Crippen molar-refractivity contribution < 1.29 is 4.79 Å². The van der Waals surface area contributed by atoms with Crippen LogP contribution in [-0.2, 0) is 0 Å². The summed E-state index contributed by atoms with van der Waals surface area (Å²) in [5.74, 6) is 0.137. The zero-order valence-electron chi connectivity index (χ0n) is 10.5. The summed E-state index contributed by atoms with van der Waals surface area (Å²) in [4.78, 5) is 14.6. The predicted molar refractivity (Wildman–Crippen MR) is 80.8 cm³/mol. The first-order chi connectivity index (χ1) is 8.59. The smallest absolute Gasteiger partial charge is 0.255 e. The summed E-state index contributed by atoms with van der Waals surface area (Å²) in [7, 11) is 0. The van der Waals surface area contributed by atoms with E-state index in [0.717, 1.165) is 33.9 Å². The Morgan fingerprint density at radius 1 is 1.28 bits per heavy atom. The molecule has 18 heavy (non-hydrogen) atoms. The summed E-state index contributed by atoms with van der Waals surface area (Å²) < 4.78 is 1.81. The van der Waals surface area contributed by atoms with Gasteiger partial charge in [0.1, 0.15) is 0 Å². The second-order valence-electron chi connectivity index (χ2n) is 4.82. The highest BCUT2D eigenvalue weighted by Gasteiger charge is 2.24. The molecule has 0 radical (unpaired) electrons. The Kier molecular flexibility index (Phi) is 4.84. The minimum atomic E-state index is 0.137. The van der Waals surface area contributed by atoms with Crippen molar-refractivity contribution in [2.45, 2.75) is 38.6 Å². The zero-order valence-corrected chi connectivity index (χ0v) is 13.6. The molecule has 98 valence electrons. The number of nitrogens with zero attached hydrogens (tertiary/aromatic N) is 1. The number of halogens is 2. The van der Waals surface area contributed by atoms with E-state index in [1.807, 2.05) is 23.1 Å². The van der Waals surface area contributed by atoms with Gasteiger partial charge in [0, 0.05) is 21.5 Å². The van der Waals surface area contributed by atoms with Gasteiger partial charge in [-0.15, -0.1) is 0 Å². The quantitative estimate of drug-likeness (QED) is 0.702. The van der Waals surface area contributed by atoms with Gasteiger partial charge in [0.25, 0.3) is 5.91 Å². The number of carbonyl (C=O) groups excluding carboxylic acids is 1. The third kappa shape index (κ3) is 3.15. The number of hydrogen-bond acceptors (Lipinski definition) is 1. The van der Waals surface area contributed by atoms with Gasteiger partial charge in [-0.05, 0) is 53.9 Å². The fourth-order valence-electron chi connectivity index (χ4n) is 2.39. The highest BCUT2D eigenvalue weighted by atomic mass is 79.9. The van der Waals surface area contributed by atoms with Crippen molar-refractivity contribution in [2.24, 2.45) is 0 Å². The Bertz CT molecular complexity index is 447. The van der Waals surface area contributed by atoms with E-state index < -0.39 is 0 Å². The number of rotatable bonds is 1. The van der Waals surface area contributed by atoms with Crippen LogP contribution in [0.3, 0.4) is 0 Å². The van der Waals surface area contributed by atoms with Gasteiger partial charge in [-0.2, -0.15) is 0 Å². The summed E-state index contributed by atoms with van der Waals surface area (Å²) in [6.45, 7) is 3.02. The van der Waals surface area contributed by atoms with E-state index in [1.54, 1.807) is 0 Å². The van der Waals surface area contributed by atoms with Crippen LogP contribution >= 0.6 is 31.9 Å². The molecule has 0 aliphatic carbocycles. The molecule has 2 rings (SSSR count). The Balaban J connectivity index is 2.26. The molecular weight excluding hydrogens is 358 g/mol. The average Bonchev–Trinajstić information content (AvgIpc) is 2.56. The van der Waals surface area contributed by atoms with Crippen molar-refractivity contribution >= 4 is 37.8 Å². The molecule has 0 N–H and O–H groups in total. The summed E-state index contributed by atoms with van der Waals surface area (Å²) in [5.41, 5.74) is 0.748. The number of carbonyl (C=O) groups is 1. The van der Waals surface area contributed by atoms with Gasteiger partial charge in [-0.1, -0.05) is 28.8 Å². The second kappa shape index (κ2) is 6.20. The fourth-order valence-corrected chi connectivity index (χ4v) is 3.17. The minimum absolute atomic E-state index is 0.137. The third-order valence-electron chi connectivity index (χ3n) is 3.47. The molecule has 0 saturated carbocycles. The standard InChI is InChI=1S/C14H17Br2NO/c1-10-5-3-2-4-8-17(10)14(18)12-9-11(15)6-7-13(12)16/h6-7,9-10H,2-5,8H2,1H3. The van der Waals surface area contributed by atoms with E-state index in [2.05, 4.69) is 38.8 Å². The van der Waals surface area contributed by atoms with Gasteiger partial charge >= 0.3 is 0 Å². The Morgan fingerprint density at radius 2 is 2.06 bits per heavy atom. The highest BCUT2D eigenvalue weighted by molar-refractivity contribution is 9.11. The molecule has 1 heterocycles. The minimum Gasteiger partial charge on any atom is -0.336 e. The van der Waals surface area contributed by atoms with Crippen LogP contribution in [0.5, 0.6) is 0 Å². The first kappa shape index (κ1) is 14.1. The molecule has 1 fully saturated rings. The zero-order chi connectivity index (χ0) is 13.1. The van der Waals surface area contributed by atoms with Crippen LogP contribution in [-0.4, -0.2) is 23.4 Å². The molecule has 0 spiro atoms. The van der Waals surface area contributed by atoms with Gasteiger partial charge in [0.15, 0.2) is 0 Å². The predicted octanol–water partition coefficient (Wildman–Crippen LogP) is 4.62. The monoisotopic (exact) mass is 373 g/mol. The maximum Gasteiger partial charge on any atom is 0.255 e. The molecule has 1 unspecified atom stereocenters. The number of amides is 1. The van der Waals surface area contributed by atoms with Gasteiger partial charge < -0.3 is 4.90 Å². The molecule has 1 aromatic carbocycles. The first-order valence-corrected chi connectivity index (χ1v) is 7.94. The second-order valence-corrected chi connectivity index (χ2v) is 6.59. The summed E-state index contributed by atoms with van der Waals surface area (Å²) in [6.07, 6.45) is 4.68. The van der Waals surface area contributed by atoms with E-state index in [9.17, 15) is 4.79 Å². The van der Waals surface area contributed by atoms with Gasteiger partial charge in [0.05, 0.1) is 5.56 Å². The Hall–Kier alpha value is -0.350. The maximum atomic E-state index is 12.6. The topological polar surface area (TPSA) is 20.3 Å². The molecule has 1 amide bonds. The summed E-state index contributed by atoms with van der Waals surface area (Å²) >= 11 is 6.90. The lowest BCUT2D eigenvalue weighted by Gasteiger charge is -2.27. The van der Waals surface area contributed by atoms with E-state index in [4.69, 9.17) is 0 Å². The first-order valence-electron chi connectivity index (χ1n) is 6.35. The molecule has 2 nitrogen and oxygen atoms in total. The van der Waals surface area contributed by atoms with Crippen molar-refractivity contribution in [3.8, 4) is 0 Å². The van der Waals surface area contributed by atoms with E-state index in [-0.39, 0.29) is 5.91 Å².